The molecule has 116 valence electrons. The first-order valence-electron chi connectivity index (χ1n) is 6.24. The van der Waals surface area contributed by atoms with Crippen LogP contribution >= 0.6 is 11.3 Å². The second kappa shape index (κ2) is 7.56. The molecule has 0 fully saturated rings. The van der Waals surface area contributed by atoms with Crippen molar-refractivity contribution in [2.75, 3.05) is 12.4 Å². The first-order chi connectivity index (χ1) is 10.6. The molecule has 0 aliphatic heterocycles. The van der Waals surface area contributed by atoms with Crippen LogP contribution in [0.3, 0.4) is 0 Å². The summed E-state index contributed by atoms with van der Waals surface area (Å²) in [6, 6.07) is 8.00. The highest BCUT2D eigenvalue weighted by Gasteiger charge is 2.11. The van der Waals surface area contributed by atoms with E-state index >= 15 is 0 Å². The minimum absolute atomic E-state index is 0.141. The van der Waals surface area contributed by atoms with Crippen LogP contribution in [0, 0.1) is 0 Å². The number of amides is 1. The third-order valence-corrected chi connectivity index (χ3v) is 3.43. The van der Waals surface area contributed by atoms with E-state index in [0.29, 0.717) is 5.69 Å². The zero-order valence-electron chi connectivity index (χ0n) is 11.6. The third-order valence-electron chi connectivity index (χ3n) is 2.59. The molecule has 0 spiro atoms. The Hall–Kier alpha value is -2.41. The fraction of sp³-hybridized carbons (Fsp3) is 0.133. The van der Waals surface area contributed by atoms with Gasteiger partial charge >= 0.3 is 6.61 Å². The average molecular weight is 325 g/mol. The van der Waals surface area contributed by atoms with E-state index in [0.717, 1.165) is 4.88 Å². The van der Waals surface area contributed by atoms with Gasteiger partial charge in [-0.1, -0.05) is 6.07 Å². The molecule has 0 aliphatic carbocycles. The normalized spacial score (nSPS) is 10.9. The molecule has 1 N–H and O–H groups in total. The highest BCUT2D eigenvalue weighted by molar-refractivity contribution is 7.10. The van der Waals surface area contributed by atoms with Crippen molar-refractivity contribution in [2.45, 2.75) is 6.61 Å². The Labute approximate surface area is 130 Å². The van der Waals surface area contributed by atoms with Crippen molar-refractivity contribution in [3.8, 4) is 11.5 Å². The lowest BCUT2D eigenvalue weighted by atomic mass is 10.2. The molecule has 0 atom stereocenters. The van der Waals surface area contributed by atoms with Crippen molar-refractivity contribution < 1.29 is 23.0 Å². The summed E-state index contributed by atoms with van der Waals surface area (Å²) < 4.78 is 33.9. The molecule has 2 aromatic rings. The van der Waals surface area contributed by atoms with Gasteiger partial charge in [0.15, 0.2) is 11.5 Å². The number of rotatable bonds is 6. The van der Waals surface area contributed by atoms with E-state index in [4.69, 9.17) is 4.74 Å². The van der Waals surface area contributed by atoms with Crippen LogP contribution in [0.2, 0.25) is 0 Å². The Bertz CT molecular complexity index is 657. The average Bonchev–Trinajstić information content (AvgIpc) is 2.98. The van der Waals surface area contributed by atoms with Gasteiger partial charge in [0.2, 0.25) is 5.91 Å². The molecule has 1 aromatic carbocycles. The lowest BCUT2D eigenvalue weighted by molar-refractivity contribution is -0.111. The minimum Gasteiger partial charge on any atom is -0.493 e. The van der Waals surface area contributed by atoms with E-state index in [-0.39, 0.29) is 17.4 Å². The van der Waals surface area contributed by atoms with Crippen LogP contribution in [-0.2, 0) is 4.79 Å². The fourth-order valence-corrected chi connectivity index (χ4v) is 2.29. The summed E-state index contributed by atoms with van der Waals surface area (Å²) in [4.78, 5) is 12.7. The standard InChI is InChI=1S/C15H13F2NO3S/c1-20-12-6-4-10(9-13(12)21-15(16)17)18-14(19)7-5-11-3-2-8-22-11/h2-9,15H,1H3,(H,18,19)/b7-5+. The number of nitrogens with one attached hydrogen (secondary N) is 1. The van der Waals surface area contributed by atoms with Crippen LogP contribution in [0.1, 0.15) is 4.88 Å². The lowest BCUT2D eigenvalue weighted by Crippen LogP contribution is -2.09. The molecule has 1 aromatic heterocycles. The Morgan fingerprint density at radius 2 is 2.14 bits per heavy atom. The topological polar surface area (TPSA) is 47.6 Å². The van der Waals surface area contributed by atoms with E-state index in [1.165, 1.54) is 42.7 Å². The monoisotopic (exact) mass is 325 g/mol. The van der Waals surface area contributed by atoms with Crippen molar-refractivity contribution in [1.29, 1.82) is 0 Å². The van der Waals surface area contributed by atoms with Gasteiger partial charge in [0, 0.05) is 22.7 Å². The van der Waals surface area contributed by atoms with Crippen LogP contribution in [0.25, 0.3) is 6.08 Å². The molecule has 7 heteroatoms. The first-order valence-corrected chi connectivity index (χ1v) is 7.12. The number of anilines is 1. The summed E-state index contributed by atoms with van der Waals surface area (Å²) in [5, 5.41) is 4.47. The van der Waals surface area contributed by atoms with E-state index < -0.39 is 6.61 Å². The summed E-state index contributed by atoms with van der Waals surface area (Å²) in [5.74, 6) is -0.355. The van der Waals surface area contributed by atoms with Gasteiger partial charge in [0.1, 0.15) is 0 Å². The Morgan fingerprint density at radius 3 is 2.77 bits per heavy atom. The van der Waals surface area contributed by atoms with E-state index in [9.17, 15) is 13.6 Å². The summed E-state index contributed by atoms with van der Waals surface area (Å²) in [7, 11) is 1.34. The van der Waals surface area contributed by atoms with Gasteiger partial charge < -0.3 is 14.8 Å². The van der Waals surface area contributed by atoms with Crippen LogP contribution < -0.4 is 14.8 Å². The SMILES string of the molecule is COc1ccc(NC(=O)/C=C/c2cccs2)cc1OC(F)F. The molecule has 0 bridgehead atoms. The molecule has 2 rings (SSSR count). The van der Waals surface area contributed by atoms with E-state index in [1.54, 1.807) is 6.08 Å². The molecule has 0 radical (unpaired) electrons. The Kier molecular flexibility index (Phi) is 5.48. The highest BCUT2D eigenvalue weighted by Crippen LogP contribution is 2.31. The Morgan fingerprint density at radius 1 is 1.32 bits per heavy atom. The maximum Gasteiger partial charge on any atom is 0.387 e. The maximum absolute atomic E-state index is 12.3. The van der Waals surface area contributed by atoms with Crippen LogP contribution in [0.4, 0.5) is 14.5 Å². The molecular weight excluding hydrogens is 312 g/mol. The van der Waals surface area contributed by atoms with E-state index in [2.05, 4.69) is 10.1 Å². The summed E-state index contributed by atoms with van der Waals surface area (Å²) in [6.07, 6.45) is 3.03. The number of carbonyl (C=O) groups is 1. The largest absolute Gasteiger partial charge is 0.493 e. The predicted octanol–water partition coefficient (Wildman–Crippen LogP) is 4.01. The number of hydrogen-bond donors (Lipinski definition) is 1. The molecule has 0 saturated carbocycles. The summed E-state index contributed by atoms with van der Waals surface area (Å²) >= 11 is 1.50. The molecule has 4 nitrogen and oxygen atoms in total. The smallest absolute Gasteiger partial charge is 0.387 e. The van der Waals surface area contributed by atoms with Gasteiger partial charge in [0.25, 0.3) is 0 Å². The van der Waals surface area contributed by atoms with E-state index in [1.807, 2.05) is 17.5 Å². The van der Waals surface area contributed by atoms with Crippen molar-refractivity contribution in [3.63, 3.8) is 0 Å². The number of carbonyl (C=O) groups excluding carboxylic acids is 1. The molecule has 1 heterocycles. The predicted molar refractivity (Wildman–Crippen MR) is 81.6 cm³/mol. The van der Waals surface area contributed by atoms with Crippen molar-refractivity contribution >= 4 is 29.0 Å². The maximum atomic E-state index is 12.3. The van der Waals surface area contributed by atoms with Gasteiger partial charge in [-0.05, 0) is 29.7 Å². The van der Waals surface area contributed by atoms with Gasteiger partial charge in [-0.25, -0.2) is 0 Å². The van der Waals surface area contributed by atoms with Gasteiger partial charge in [-0.15, -0.1) is 11.3 Å². The molecular formula is C15H13F2NO3S. The van der Waals surface area contributed by atoms with Gasteiger partial charge in [-0.2, -0.15) is 8.78 Å². The van der Waals surface area contributed by atoms with Crippen LogP contribution in [0.5, 0.6) is 11.5 Å². The second-order valence-electron chi connectivity index (χ2n) is 4.08. The summed E-state index contributed by atoms with van der Waals surface area (Å²) in [6.45, 7) is -2.97. The quantitative estimate of drug-likeness (QED) is 0.816. The number of thiophene rings is 1. The van der Waals surface area contributed by atoms with Crippen LogP contribution in [-0.4, -0.2) is 19.6 Å². The molecule has 0 unspecified atom stereocenters. The molecule has 0 saturated heterocycles. The second-order valence-corrected chi connectivity index (χ2v) is 5.06. The number of halogens is 2. The number of ether oxygens (including phenoxy) is 2. The zero-order valence-corrected chi connectivity index (χ0v) is 12.4. The number of benzene rings is 1. The number of methoxy groups -OCH3 is 1. The van der Waals surface area contributed by atoms with Gasteiger partial charge in [-0.3, -0.25) is 4.79 Å². The lowest BCUT2D eigenvalue weighted by Gasteiger charge is -2.11. The highest BCUT2D eigenvalue weighted by atomic mass is 32.1. The number of hydrogen-bond acceptors (Lipinski definition) is 4. The fourth-order valence-electron chi connectivity index (χ4n) is 1.67. The Balaban J connectivity index is 2.07. The van der Waals surface area contributed by atoms with Crippen LogP contribution in [0.15, 0.2) is 41.8 Å². The minimum atomic E-state index is -2.97. The zero-order chi connectivity index (χ0) is 15.9. The molecule has 22 heavy (non-hydrogen) atoms. The summed E-state index contributed by atoms with van der Waals surface area (Å²) in [5.41, 5.74) is 0.331. The third kappa shape index (κ3) is 4.56. The van der Waals surface area contributed by atoms with Crippen molar-refractivity contribution in [1.82, 2.24) is 0 Å². The number of alkyl halides is 2. The first kappa shape index (κ1) is 16.0. The van der Waals surface area contributed by atoms with Gasteiger partial charge in [0.05, 0.1) is 7.11 Å². The molecule has 1 amide bonds. The molecule has 0 aliphatic rings. The van der Waals surface area contributed by atoms with Crippen molar-refractivity contribution in [3.05, 3.63) is 46.7 Å². The van der Waals surface area contributed by atoms with Crippen molar-refractivity contribution in [2.24, 2.45) is 0 Å².